The van der Waals surface area contributed by atoms with Crippen molar-refractivity contribution in [1.29, 1.82) is 0 Å². The van der Waals surface area contributed by atoms with E-state index >= 15 is 0 Å². The molecule has 0 unspecified atom stereocenters. The third-order valence-electron chi connectivity index (χ3n) is 3.51. The van der Waals surface area contributed by atoms with Crippen molar-refractivity contribution in [2.45, 2.75) is 13.3 Å². The van der Waals surface area contributed by atoms with Gasteiger partial charge in [-0.05, 0) is 30.7 Å². The second-order valence-corrected chi connectivity index (χ2v) is 5.64. The Morgan fingerprint density at radius 3 is 2.30 bits per heavy atom. The minimum Gasteiger partial charge on any atom is -0.478 e. The lowest BCUT2D eigenvalue weighted by atomic mass is 10.1. The van der Waals surface area contributed by atoms with Gasteiger partial charge in [-0.1, -0.05) is 29.8 Å². The number of carbonyl (C=O) groups is 2. The normalized spacial score (nSPS) is 10.2. The molecule has 0 fully saturated rings. The van der Waals surface area contributed by atoms with Crippen LogP contribution in [0.25, 0.3) is 0 Å². The zero-order chi connectivity index (χ0) is 17.0. The molecule has 2 aromatic rings. The highest BCUT2D eigenvalue weighted by molar-refractivity contribution is 6.01. The number of amides is 1. The Bertz CT molecular complexity index is 722. The number of nitrogens with one attached hydrogen (secondary N) is 1. The molecule has 0 spiro atoms. The van der Waals surface area contributed by atoms with Crippen molar-refractivity contribution in [3.8, 4) is 0 Å². The summed E-state index contributed by atoms with van der Waals surface area (Å²) in [4.78, 5) is 25.4. The van der Waals surface area contributed by atoms with Gasteiger partial charge in [0, 0.05) is 19.8 Å². The summed E-state index contributed by atoms with van der Waals surface area (Å²) in [5, 5.41) is 12.0. The van der Waals surface area contributed by atoms with Gasteiger partial charge in [0.1, 0.15) is 0 Å². The molecule has 0 saturated heterocycles. The number of nitrogens with zero attached hydrogens (tertiary/aromatic N) is 1. The molecule has 0 aromatic heterocycles. The highest BCUT2D eigenvalue weighted by Gasteiger charge is 2.14. The van der Waals surface area contributed by atoms with E-state index in [1.165, 1.54) is 0 Å². The molecule has 2 aromatic carbocycles. The topological polar surface area (TPSA) is 69.6 Å². The maximum absolute atomic E-state index is 12.1. The molecule has 120 valence electrons. The van der Waals surface area contributed by atoms with Crippen molar-refractivity contribution in [2.24, 2.45) is 0 Å². The molecule has 23 heavy (non-hydrogen) atoms. The van der Waals surface area contributed by atoms with E-state index in [-0.39, 0.29) is 17.9 Å². The summed E-state index contributed by atoms with van der Waals surface area (Å²) < 4.78 is 0. The van der Waals surface area contributed by atoms with Gasteiger partial charge in [-0.15, -0.1) is 0 Å². The van der Waals surface area contributed by atoms with E-state index in [0.717, 1.165) is 16.8 Å². The fourth-order valence-corrected chi connectivity index (χ4v) is 2.18. The number of carboxylic acids is 1. The molecule has 0 aliphatic heterocycles. The Morgan fingerprint density at radius 1 is 1.09 bits per heavy atom. The minimum absolute atomic E-state index is 0.0773. The summed E-state index contributed by atoms with van der Waals surface area (Å²) in [6, 6.07) is 12.6. The lowest BCUT2D eigenvalue weighted by Gasteiger charge is -2.15. The highest BCUT2D eigenvalue weighted by Crippen LogP contribution is 2.22. The van der Waals surface area contributed by atoms with Crippen LogP contribution in [0, 0.1) is 6.92 Å². The molecule has 1 amide bonds. The van der Waals surface area contributed by atoms with Crippen LogP contribution in [0.5, 0.6) is 0 Å². The van der Waals surface area contributed by atoms with Crippen LogP contribution in [0.2, 0.25) is 0 Å². The lowest BCUT2D eigenvalue weighted by Crippen LogP contribution is -2.17. The van der Waals surface area contributed by atoms with E-state index < -0.39 is 5.97 Å². The van der Waals surface area contributed by atoms with E-state index in [9.17, 15) is 14.7 Å². The Morgan fingerprint density at radius 2 is 1.74 bits per heavy atom. The van der Waals surface area contributed by atoms with Gasteiger partial charge in [0.15, 0.2) is 0 Å². The first kappa shape index (κ1) is 16.5. The van der Waals surface area contributed by atoms with Gasteiger partial charge in [0.05, 0.1) is 17.7 Å². The van der Waals surface area contributed by atoms with Crippen LogP contribution in [0.4, 0.5) is 11.4 Å². The number of carboxylic acid groups (broad SMARTS) is 1. The van der Waals surface area contributed by atoms with Gasteiger partial charge in [0.25, 0.3) is 0 Å². The second-order valence-electron chi connectivity index (χ2n) is 5.64. The first-order valence-electron chi connectivity index (χ1n) is 7.27. The molecule has 0 radical (unpaired) electrons. The number of carbonyl (C=O) groups excluding carboxylic acids is 1. The predicted molar refractivity (Wildman–Crippen MR) is 91.2 cm³/mol. The molecule has 0 saturated carbocycles. The summed E-state index contributed by atoms with van der Waals surface area (Å²) in [7, 11) is 3.66. The van der Waals surface area contributed by atoms with Gasteiger partial charge >= 0.3 is 5.97 Å². The van der Waals surface area contributed by atoms with Crippen LogP contribution in [0.1, 0.15) is 21.5 Å². The molecule has 2 N–H and O–H groups in total. The van der Waals surface area contributed by atoms with E-state index in [1.54, 1.807) is 18.2 Å². The van der Waals surface area contributed by atoms with Crippen LogP contribution in [-0.4, -0.2) is 31.1 Å². The van der Waals surface area contributed by atoms with E-state index in [4.69, 9.17) is 0 Å². The number of aryl methyl sites for hydroxylation is 1. The number of aromatic carboxylic acids is 1. The fraction of sp³-hybridized carbons (Fsp3) is 0.222. The van der Waals surface area contributed by atoms with E-state index in [2.05, 4.69) is 5.32 Å². The van der Waals surface area contributed by atoms with Crippen molar-refractivity contribution in [2.75, 3.05) is 24.3 Å². The minimum atomic E-state index is -1.07. The van der Waals surface area contributed by atoms with Crippen LogP contribution in [-0.2, 0) is 11.2 Å². The van der Waals surface area contributed by atoms with Crippen molar-refractivity contribution in [3.63, 3.8) is 0 Å². The predicted octanol–water partition coefficient (Wildman–Crippen LogP) is 2.94. The van der Waals surface area contributed by atoms with Crippen LogP contribution < -0.4 is 10.2 Å². The third kappa shape index (κ3) is 4.32. The van der Waals surface area contributed by atoms with Gasteiger partial charge in [-0.2, -0.15) is 0 Å². The number of rotatable bonds is 5. The maximum Gasteiger partial charge on any atom is 0.337 e. The van der Waals surface area contributed by atoms with Crippen molar-refractivity contribution in [3.05, 3.63) is 59.2 Å². The van der Waals surface area contributed by atoms with Crippen molar-refractivity contribution < 1.29 is 14.7 Å². The zero-order valence-electron chi connectivity index (χ0n) is 13.5. The smallest absolute Gasteiger partial charge is 0.337 e. The molecule has 0 heterocycles. The average Bonchev–Trinajstić information content (AvgIpc) is 2.49. The molecule has 0 aliphatic carbocycles. The van der Waals surface area contributed by atoms with Gasteiger partial charge < -0.3 is 15.3 Å². The van der Waals surface area contributed by atoms with E-state index in [0.29, 0.717) is 5.69 Å². The second kappa shape index (κ2) is 6.96. The Balaban J connectivity index is 2.16. The molecular weight excluding hydrogens is 292 g/mol. The summed E-state index contributed by atoms with van der Waals surface area (Å²) in [5.41, 5.74) is 3.16. The quantitative estimate of drug-likeness (QED) is 0.890. The summed E-state index contributed by atoms with van der Waals surface area (Å²) in [5.74, 6) is -1.31. The maximum atomic E-state index is 12.1. The van der Waals surface area contributed by atoms with Gasteiger partial charge in [0.2, 0.25) is 5.91 Å². The first-order chi connectivity index (χ1) is 10.9. The van der Waals surface area contributed by atoms with Crippen molar-refractivity contribution in [1.82, 2.24) is 0 Å². The van der Waals surface area contributed by atoms with Gasteiger partial charge in [-0.3, -0.25) is 4.79 Å². The third-order valence-corrected chi connectivity index (χ3v) is 3.51. The first-order valence-corrected chi connectivity index (χ1v) is 7.27. The molecule has 2 rings (SSSR count). The standard InChI is InChI=1S/C18H20N2O3/c1-12-4-6-13(7-5-12)10-17(21)19-16-9-8-14(20(2)3)11-15(16)18(22)23/h4-9,11H,10H2,1-3H3,(H,19,21)(H,22,23). The number of hydrogen-bond donors (Lipinski definition) is 2. The van der Waals surface area contributed by atoms with E-state index in [1.807, 2.05) is 50.2 Å². The van der Waals surface area contributed by atoms with Crippen molar-refractivity contribution >= 4 is 23.3 Å². The van der Waals surface area contributed by atoms with Gasteiger partial charge in [-0.25, -0.2) is 4.79 Å². The Kier molecular flexibility index (Phi) is 5.01. The molecular formula is C18H20N2O3. The Hall–Kier alpha value is -2.82. The number of anilines is 2. The lowest BCUT2D eigenvalue weighted by molar-refractivity contribution is -0.115. The number of benzene rings is 2. The van der Waals surface area contributed by atoms with Crippen LogP contribution >= 0.6 is 0 Å². The summed E-state index contributed by atoms with van der Waals surface area (Å²) in [6.45, 7) is 1.98. The molecule has 5 heteroatoms. The summed E-state index contributed by atoms with van der Waals surface area (Å²) in [6.07, 6.45) is 0.203. The largest absolute Gasteiger partial charge is 0.478 e. The fourth-order valence-electron chi connectivity index (χ4n) is 2.18. The Labute approximate surface area is 135 Å². The SMILES string of the molecule is Cc1ccc(CC(=O)Nc2ccc(N(C)C)cc2C(=O)O)cc1. The van der Waals surface area contributed by atoms with Crippen LogP contribution in [0.3, 0.4) is 0 Å². The molecule has 5 nitrogen and oxygen atoms in total. The zero-order valence-corrected chi connectivity index (χ0v) is 13.5. The average molecular weight is 312 g/mol. The van der Waals surface area contributed by atoms with Crippen LogP contribution in [0.15, 0.2) is 42.5 Å². The molecule has 0 bridgehead atoms. The monoisotopic (exact) mass is 312 g/mol. The number of hydrogen-bond acceptors (Lipinski definition) is 3. The summed E-state index contributed by atoms with van der Waals surface area (Å²) >= 11 is 0. The highest BCUT2D eigenvalue weighted by atomic mass is 16.4. The molecule has 0 atom stereocenters. The molecule has 0 aliphatic rings.